The third-order valence-electron chi connectivity index (χ3n) is 6.21. The molecule has 236 valence electrons. The molecule has 4 aromatic rings. The molecular formula is C32H19F11O2. The van der Waals surface area contributed by atoms with Crippen molar-refractivity contribution >= 4 is 0 Å². The summed E-state index contributed by atoms with van der Waals surface area (Å²) in [6, 6.07) is 7.75. The fourth-order valence-corrected chi connectivity index (χ4v) is 4.08. The largest absolute Gasteiger partial charge is 0.493 e. The van der Waals surface area contributed by atoms with E-state index in [0.29, 0.717) is 24.5 Å². The van der Waals surface area contributed by atoms with Crippen molar-refractivity contribution < 1.29 is 57.8 Å². The maximum Gasteiger partial charge on any atom is 0.432 e. The highest BCUT2D eigenvalue weighted by Gasteiger charge is 2.43. The van der Waals surface area contributed by atoms with Gasteiger partial charge >= 0.3 is 12.3 Å². The quantitative estimate of drug-likeness (QED) is 0.108. The highest BCUT2D eigenvalue weighted by molar-refractivity contribution is 5.66. The van der Waals surface area contributed by atoms with Crippen molar-refractivity contribution in [2.24, 2.45) is 0 Å². The normalized spacial score (nSPS) is 11.6. The zero-order valence-electron chi connectivity index (χ0n) is 22.9. The number of unbranched alkanes of at least 4 members (excludes halogenated alkanes) is 1. The van der Waals surface area contributed by atoms with Gasteiger partial charge in [0.2, 0.25) is 0 Å². The molecule has 0 saturated heterocycles. The predicted octanol–water partition coefficient (Wildman–Crippen LogP) is 9.91. The number of hydrogen-bond acceptors (Lipinski definition) is 2. The summed E-state index contributed by atoms with van der Waals surface area (Å²) in [4.78, 5) is 0. The molecule has 13 heteroatoms. The van der Waals surface area contributed by atoms with Gasteiger partial charge < -0.3 is 9.47 Å². The second kappa shape index (κ2) is 13.1. The molecule has 4 aromatic carbocycles. The molecule has 0 amide bonds. The van der Waals surface area contributed by atoms with Crippen LogP contribution in [-0.2, 0) is 12.3 Å². The summed E-state index contributed by atoms with van der Waals surface area (Å²) in [5.41, 5.74) is -5.03. The molecule has 0 atom stereocenters. The van der Waals surface area contributed by atoms with Crippen LogP contribution in [0.2, 0.25) is 0 Å². The van der Waals surface area contributed by atoms with Crippen LogP contribution < -0.4 is 9.47 Å². The molecule has 0 N–H and O–H groups in total. The minimum atomic E-state index is -5.50. The van der Waals surface area contributed by atoms with E-state index in [-0.39, 0.29) is 28.8 Å². The third-order valence-corrected chi connectivity index (χ3v) is 6.21. The Hall–Kier alpha value is -4.73. The summed E-state index contributed by atoms with van der Waals surface area (Å²) in [6.45, 7) is 2.36. The van der Waals surface area contributed by atoms with Crippen LogP contribution in [0.5, 0.6) is 11.5 Å². The van der Waals surface area contributed by atoms with Gasteiger partial charge in [-0.3, -0.25) is 0 Å². The Morgan fingerprint density at radius 3 is 1.78 bits per heavy atom. The summed E-state index contributed by atoms with van der Waals surface area (Å²) in [7, 11) is 0. The van der Waals surface area contributed by atoms with Crippen molar-refractivity contribution in [3.63, 3.8) is 0 Å². The Labute approximate surface area is 249 Å². The lowest BCUT2D eigenvalue weighted by Gasteiger charge is -2.20. The van der Waals surface area contributed by atoms with E-state index in [1.807, 2.05) is 6.92 Å². The highest BCUT2D eigenvalue weighted by Crippen LogP contribution is 2.39. The third kappa shape index (κ3) is 7.68. The molecule has 0 aliphatic heterocycles. The van der Waals surface area contributed by atoms with Crippen molar-refractivity contribution in [3.05, 3.63) is 118 Å². The zero-order valence-corrected chi connectivity index (χ0v) is 22.9. The first-order valence-electron chi connectivity index (χ1n) is 13.0. The van der Waals surface area contributed by atoms with Gasteiger partial charge in [0, 0.05) is 29.3 Å². The summed E-state index contributed by atoms with van der Waals surface area (Å²) >= 11 is 0. The molecule has 0 aliphatic carbocycles. The van der Waals surface area contributed by atoms with Gasteiger partial charge in [-0.25, -0.2) is 26.3 Å². The Balaban J connectivity index is 1.55. The fraction of sp³-hybridized carbons (Fsp3) is 0.188. The lowest BCUT2D eigenvalue weighted by molar-refractivity contribution is -0.189. The first-order chi connectivity index (χ1) is 21.1. The van der Waals surface area contributed by atoms with Crippen molar-refractivity contribution in [2.75, 3.05) is 6.61 Å². The standard InChI is InChI=1S/C32H19F11O2/c1-2-3-10-44-20-8-9-22(24(34)14-20)19-7-6-18(23(33)13-19)5-4-17-11-25(35)30(26(36)12-17)32(42,43)45-21-15-27(37)29(28(38)16-21)31(39,40)41/h6-9,11-16H,2-3,10H2,1H3. The van der Waals surface area contributed by atoms with Crippen molar-refractivity contribution in [1.82, 2.24) is 0 Å². The van der Waals surface area contributed by atoms with Crippen LogP contribution in [-0.4, -0.2) is 6.61 Å². The van der Waals surface area contributed by atoms with Crippen LogP contribution >= 0.6 is 0 Å². The molecule has 0 unspecified atom stereocenters. The van der Waals surface area contributed by atoms with Gasteiger partial charge in [0.25, 0.3) is 0 Å². The molecule has 0 bridgehead atoms. The Kier molecular flexibility index (Phi) is 9.65. The summed E-state index contributed by atoms with van der Waals surface area (Å²) in [5, 5.41) is 0. The molecule has 0 fully saturated rings. The molecule has 0 aromatic heterocycles. The van der Waals surface area contributed by atoms with Gasteiger partial charge in [0.05, 0.1) is 12.2 Å². The number of rotatable bonds is 8. The average Bonchev–Trinajstić information content (AvgIpc) is 2.90. The van der Waals surface area contributed by atoms with E-state index >= 15 is 0 Å². The minimum absolute atomic E-state index is 0.0564. The van der Waals surface area contributed by atoms with Gasteiger partial charge in [-0.15, -0.1) is 0 Å². The van der Waals surface area contributed by atoms with Gasteiger partial charge in [-0.2, -0.15) is 22.0 Å². The smallest absolute Gasteiger partial charge is 0.432 e. The average molecular weight is 644 g/mol. The SMILES string of the molecule is CCCCOc1ccc(-c2ccc(C#Cc3cc(F)c(C(F)(F)Oc4cc(F)c(C(F)(F)F)c(F)c4)c(F)c3)c(F)c2)c(F)c1. The van der Waals surface area contributed by atoms with E-state index in [9.17, 15) is 48.3 Å². The van der Waals surface area contributed by atoms with Crippen LogP contribution in [0, 0.1) is 46.7 Å². The fourth-order valence-electron chi connectivity index (χ4n) is 4.08. The maximum absolute atomic E-state index is 14.8. The van der Waals surface area contributed by atoms with Gasteiger partial charge in [0.1, 0.15) is 57.5 Å². The van der Waals surface area contributed by atoms with Gasteiger partial charge in [-0.05, 0) is 48.4 Å². The van der Waals surface area contributed by atoms with Crippen LogP contribution in [0.25, 0.3) is 11.1 Å². The summed E-state index contributed by atoms with van der Waals surface area (Å²) in [5.74, 6) is -6.80. The van der Waals surface area contributed by atoms with E-state index in [0.717, 1.165) is 31.0 Å². The van der Waals surface area contributed by atoms with Crippen LogP contribution in [0.1, 0.15) is 42.0 Å². The second-order valence-electron chi connectivity index (χ2n) is 9.48. The number of halogens is 11. The lowest BCUT2D eigenvalue weighted by Crippen LogP contribution is -2.25. The zero-order chi connectivity index (χ0) is 33.1. The topological polar surface area (TPSA) is 18.5 Å². The number of hydrogen-bond donors (Lipinski definition) is 0. The van der Waals surface area contributed by atoms with Gasteiger partial charge in [-0.1, -0.05) is 31.3 Å². The van der Waals surface area contributed by atoms with Crippen molar-refractivity contribution in [3.8, 4) is 34.5 Å². The van der Waals surface area contributed by atoms with Gasteiger partial charge in [0.15, 0.2) is 0 Å². The lowest BCUT2D eigenvalue weighted by atomic mass is 10.0. The monoisotopic (exact) mass is 644 g/mol. The van der Waals surface area contributed by atoms with Crippen LogP contribution in [0.15, 0.2) is 60.7 Å². The molecule has 4 rings (SSSR count). The van der Waals surface area contributed by atoms with Crippen molar-refractivity contribution in [2.45, 2.75) is 32.1 Å². The first-order valence-corrected chi connectivity index (χ1v) is 13.0. The van der Waals surface area contributed by atoms with E-state index < -0.39 is 69.6 Å². The van der Waals surface area contributed by atoms with Crippen LogP contribution in [0.3, 0.4) is 0 Å². The van der Waals surface area contributed by atoms with E-state index in [1.165, 1.54) is 18.2 Å². The highest BCUT2D eigenvalue weighted by atomic mass is 19.4. The molecule has 0 saturated carbocycles. The second-order valence-corrected chi connectivity index (χ2v) is 9.48. The molecular weight excluding hydrogens is 625 g/mol. The summed E-state index contributed by atoms with van der Waals surface area (Å²) in [6.07, 6.45) is -8.78. The molecule has 0 spiro atoms. The Morgan fingerprint density at radius 1 is 0.622 bits per heavy atom. The molecule has 2 nitrogen and oxygen atoms in total. The summed E-state index contributed by atoms with van der Waals surface area (Å²) < 4.78 is 163. The predicted molar refractivity (Wildman–Crippen MR) is 140 cm³/mol. The Bertz CT molecular complexity index is 1740. The molecule has 0 heterocycles. The minimum Gasteiger partial charge on any atom is -0.493 e. The van der Waals surface area contributed by atoms with E-state index in [2.05, 4.69) is 16.6 Å². The molecule has 0 aliphatic rings. The van der Waals surface area contributed by atoms with Crippen LogP contribution in [0.4, 0.5) is 48.3 Å². The van der Waals surface area contributed by atoms with E-state index in [4.69, 9.17) is 4.74 Å². The number of benzene rings is 4. The maximum atomic E-state index is 14.8. The Morgan fingerprint density at radius 2 is 1.22 bits per heavy atom. The number of ether oxygens (including phenoxy) is 2. The first kappa shape index (κ1) is 33.2. The van der Waals surface area contributed by atoms with Crippen molar-refractivity contribution in [1.29, 1.82) is 0 Å². The van der Waals surface area contributed by atoms with E-state index in [1.54, 1.807) is 0 Å². The molecule has 45 heavy (non-hydrogen) atoms. The number of alkyl halides is 5. The molecule has 0 radical (unpaired) electrons.